The number of hydrogen-bond acceptors (Lipinski definition) is 2. The van der Waals surface area contributed by atoms with E-state index in [2.05, 4.69) is 12.2 Å². The summed E-state index contributed by atoms with van der Waals surface area (Å²) in [6.07, 6.45) is 2.02. The molecule has 88 valence electrons. The lowest BCUT2D eigenvalue weighted by Crippen LogP contribution is -2.49. The molecule has 4 heteroatoms. The van der Waals surface area contributed by atoms with Crippen molar-refractivity contribution >= 4 is 6.03 Å². The highest BCUT2D eigenvalue weighted by molar-refractivity contribution is 5.74. The third kappa shape index (κ3) is 3.38. The van der Waals surface area contributed by atoms with Gasteiger partial charge in [-0.3, -0.25) is 0 Å². The number of amides is 2. The molecule has 0 aromatic carbocycles. The third-order valence-electron chi connectivity index (χ3n) is 3.16. The molecule has 15 heavy (non-hydrogen) atoms. The van der Waals surface area contributed by atoms with Crippen molar-refractivity contribution in [3.8, 4) is 0 Å². The van der Waals surface area contributed by atoms with Gasteiger partial charge in [0.2, 0.25) is 0 Å². The molecular formula is C11H23N3O. The molecule has 2 amide bonds. The Bertz CT molecular complexity index is 220. The molecule has 3 N–H and O–H groups in total. The Hall–Kier alpha value is -0.770. The summed E-state index contributed by atoms with van der Waals surface area (Å²) in [6.45, 7) is 8.52. The molecule has 1 saturated heterocycles. The Morgan fingerprint density at radius 1 is 1.47 bits per heavy atom. The Morgan fingerprint density at radius 3 is 2.40 bits per heavy atom. The molecule has 0 aromatic heterocycles. The first-order valence-corrected chi connectivity index (χ1v) is 5.72. The highest BCUT2D eigenvalue weighted by Crippen LogP contribution is 2.29. The summed E-state index contributed by atoms with van der Waals surface area (Å²) in [5.41, 5.74) is 5.95. The maximum atomic E-state index is 11.7. The number of nitrogens with one attached hydrogen (secondary N) is 1. The van der Waals surface area contributed by atoms with Gasteiger partial charge in [0.1, 0.15) is 0 Å². The third-order valence-corrected chi connectivity index (χ3v) is 3.16. The van der Waals surface area contributed by atoms with E-state index in [4.69, 9.17) is 5.73 Å². The van der Waals surface area contributed by atoms with Crippen LogP contribution in [-0.2, 0) is 0 Å². The van der Waals surface area contributed by atoms with E-state index in [0.29, 0.717) is 6.54 Å². The second-order valence-corrected chi connectivity index (χ2v) is 5.11. The van der Waals surface area contributed by atoms with Gasteiger partial charge in [-0.2, -0.15) is 0 Å². The Morgan fingerprint density at radius 2 is 2.00 bits per heavy atom. The van der Waals surface area contributed by atoms with E-state index < -0.39 is 0 Å². The number of nitrogens with two attached hydrogens (primary N) is 1. The summed E-state index contributed by atoms with van der Waals surface area (Å²) in [5, 5.41) is 2.91. The molecule has 1 rings (SSSR count). The van der Waals surface area contributed by atoms with Gasteiger partial charge in [-0.15, -0.1) is 0 Å². The van der Waals surface area contributed by atoms with E-state index in [1.54, 1.807) is 0 Å². The summed E-state index contributed by atoms with van der Waals surface area (Å²) in [7, 11) is 0. The van der Waals surface area contributed by atoms with Crippen LogP contribution >= 0.6 is 0 Å². The fourth-order valence-electron chi connectivity index (χ4n) is 1.79. The van der Waals surface area contributed by atoms with Crippen LogP contribution in [0.3, 0.4) is 0 Å². The Kier molecular flexibility index (Phi) is 3.97. The predicted octanol–water partition coefficient (Wildman–Crippen LogP) is 1.17. The van der Waals surface area contributed by atoms with Crippen molar-refractivity contribution in [1.82, 2.24) is 10.2 Å². The first-order chi connectivity index (χ1) is 6.97. The lowest BCUT2D eigenvalue weighted by molar-refractivity contribution is 0.132. The van der Waals surface area contributed by atoms with Crippen molar-refractivity contribution in [2.24, 2.45) is 11.1 Å². The van der Waals surface area contributed by atoms with Gasteiger partial charge in [0.15, 0.2) is 0 Å². The fraction of sp³-hybridized carbons (Fsp3) is 0.909. The number of piperidine rings is 1. The van der Waals surface area contributed by atoms with Gasteiger partial charge in [-0.1, -0.05) is 6.92 Å². The van der Waals surface area contributed by atoms with E-state index in [1.165, 1.54) is 0 Å². The average Bonchev–Trinajstić information content (AvgIpc) is 2.18. The van der Waals surface area contributed by atoms with Crippen molar-refractivity contribution in [1.29, 1.82) is 0 Å². The van der Waals surface area contributed by atoms with Gasteiger partial charge in [0, 0.05) is 19.1 Å². The van der Waals surface area contributed by atoms with Crippen LogP contribution in [0, 0.1) is 5.41 Å². The molecule has 1 aliphatic heterocycles. The lowest BCUT2D eigenvalue weighted by atomic mass is 9.81. The molecule has 0 spiro atoms. The number of hydrogen-bond donors (Lipinski definition) is 2. The summed E-state index contributed by atoms with van der Waals surface area (Å²) in [4.78, 5) is 13.6. The minimum absolute atomic E-state index is 0.0593. The largest absolute Gasteiger partial charge is 0.336 e. The Labute approximate surface area is 92.2 Å². The second-order valence-electron chi connectivity index (χ2n) is 5.11. The minimum atomic E-state index is 0.0593. The van der Waals surface area contributed by atoms with Crippen molar-refractivity contribution < 1.29 is 4.79 Å². The van der Waals surface area contributed by atoms with Crippen LogP contribution in [-0.4, -0.2) is 36.6 Å². The molecule has 0 aromatic rings. The molecule has 1 heterocycles. The Balaban J connectivity index is 2.40. The monoisotopic (exact) mass is 213 g/mol. The number of carbonyl (C=O) groups excluding carboxylic acids is 1. The molecular weight excluding hydrogens is 190 g/mol. The first kappa shape index (κ1) is 12.3. The zero-order valence-electron chi connectivity index (χ0n) is 10.0. The molecule has 0 radical (unpaired) electrons. The van der Waals surface area contributed by atoms with Gasteiger partial charge in [0.05, 0.1) is 0 Å². The van der Waals surface area contributed by atoms with Gasteiger partial charge in [-0.25, -0.2) is 4.79 Å². The average molecular weight is 213 g/mol. The van der Waals surface area contributed by atoms with Crippen molar-refractivity contribution in [2.75, 3.05) is 19.6 Å². The standard InChI is InChI=1S/C11H23N3O/c1-9(2)13-10(15)14-6-4-11(3,8-12)5-7-14/h9H,4-8,12H2,1-3H3,(H,13,15). The molecule has 1 fully saturated rings. The lowest BCUT2D eigenvalue weighted by Gasteiger charge is -2.38. The van der Waals surface area contributed by atoms with Crippen LogP contribution in [0.15, 0.2) is 0 Å². The van der Waals surface area contributed by atoms with Crippen LogP contribution in [0.5, 0.6) is 0 Å². The van der Waals surface area contributed by atoms with E-state index in [0.717, 1.165) is 25.9 Å². The smallest absolute Gasteiger partial charge is 0.317 e. The van der Waals surface area contributed by atoms with Crippen molar-refractivity contribution in [3.05, 3.63) is 0 Å². The minimum Gasteiger partial charge on any atom is -0.336 e. The highest BCUT2D eigenvalue weighted by Gasteiger charge is 2.30. The normalized spacial score (nSPS) is 20.5. The zero-order chi connectivity index (χ0) is 11.5. The molecule has 0 bridgehead atoms. The molecule has 0 unspecified atom stereocenters. The number of nitrogens with zero attached hydrogens (tertiary/aromatic N) is 1. The quantitative estimate of drug-likeness (QED) is 0.723. The summed E-state index contributed by atoms with van der Waals surface area (Å²) < 4.78 is 0. The molecule has 0 saturated carbocycles. The summed E-state index contributed by atoms with van der Waals surface area (Å²) in [6, 6.07) is 0.268. The number of urea groups is 1. The number of carbonyl (C=O) groups is 1. The first-order valence-electron chi connectivity index (χ1n) is 5.72. The maximum absolute atomic E-state index is 11.7. The molecule has 0 atom stereocenters. The highest BCUT2D eigenvalue weighted by atomic mass is 16.2. The van der Waals surface area contributed by atoms with Gasteiger partial charge in [0.25, 0.3) is 0 Å². The number of likely N-dealkylation sites (tertiary alicyclic amines) is 1. The van der Waals surface area contributed by atoms with E-state index in [1.807, 2.05) is 18.7 Å². The van der Waals surface area contributed by atoms with Gasteiger partial charge < -0.3 is 16.0 Å². The van der Waals surface area contributed by atoms with Crippen LogP contribution in [0.1, 0.15) is 33.6 Å². The SMILES string of the molecule is CC(C)NC(=O)N1CCC(C)(CN)CC1. The van der Waals surface area contributed by atoms with Crippen molar-refractivity contribution in [2.45, 2.75) is 39.7 Å². The van der Waals surface area contributed by atoms with Crippen LogP contribution < -0.4 is 11.1 Å². The van der Waals surface area contributed by atoms with Gasteiger partial charge >= 0.3 is 6.03 Å². The van der Waals surface area contributed by atoms with Crippen molar-refractivity contribution in [3.63, 3.8) is 0 Å². The second kappa shape index (κ2) is 4.84. The van der Waals surface area contributed by atoms with Gasteiger partial charge in [-0.05, 0) is 38.6 Å². The predicted molar refractivity (Wildman–Crippen MR) is 61.6 cm³/mol. The maximum Gasteiger partial charge on any atom is 0.317 e. The molecule has 4 nitrogen and oxygen atoms in total. The zero-order valence-corrected chi connectivity index (χ0v) is 10.0. The van der Waals surface area contributed by atoms with Crippen LogP contribution in [0.25, 0.3) is 0 Å². The summed E-state index contributed by atoms with van der Waals surface area (Å²) >= 11 is 0. The van der Waals surface area contributed by atoms with E-state index in [9.17, 15) is 4.79 Å². The molecule has 0 aliphatic carbocycles. The topological polar surface area (TPSA) is 58.4 Å². The van der Waals surface area contributed by atoms with E-state index in [-0.39, 0.29) is 17.5 Å². The molecule has 1 aliphatic rings. The van der Waals surface area contributed by atoms with E-state index >= 15 is 0 Å². The number of rotatable bonds is 2. The van der Waals surface area contributed by atoms with Crippen LogP contribution in [0.2, 0.25) is 0 Å². The van der Waals surface area contributed by atoms with Crippen LogP contribution in [0.4, 0.5) is 4.79 Å². The summed E-state index contributed by atoms with van der Waals surface area (Å²) in [5.74, 6) is 0. The fourth-order valence-corrected chi connectivity index (χ4v) is 1.79.